The van der Waals surface area contributed by atoms with Crippen LogP contribution in [0.5, 0.6) is 0 Å². The molecular formula is C59H39NS. The topological polar surface area (TPSA) is 3.24 Å². The molecule has 0 bridgehead atoms. The minimum Gasteiger partial charge on any atom is -0.310 e. The summed E-state index contributed by atoms with van der Waals surface area (Å²) in [6.45, 7) is 0. The van der Waals surface area contributed by atoms with Crippen molar-refractivity contribution in [2.45, 2.75) is 5.41 Å². The van der Waals surface area contributed by atoms with Gasteiger partial charge >= 0.3 is 0 Å². The van der Waals surface area contributed by atoms with Gasteiger partial charge in [-0.1, -0.05) is 194 Å². The number of rotatable bonds is 7. The molecule has 0 saturated heterocycles. The zero-order chi connectivity index (χ0) is 40.3. The molecule has 0 radical (unpaired) electrons. The standard InChI is InChI=1S/C59H39NS/c1-5-18-40(19-6-1)43-36-44(41-20-7-2-8-21-41)38-48(37-43)60(55-30-17-23-42-22-13-14-28-49(42)55)47-32-34-53-52(39-47)57-54(35-33-51-50-29-15-16-31-56(50)61-58(51)57)59(53,45-24-9-3-10-25-45)46-26-11-4-12-27-46/h1-39H. The molecule has 1 aromatic heterocycles. The highest BCUT2D eigenvalue weighted by Gasteiger charge is 2.47. The molecule has 0 aliphatic heterocycles. The molecule has 0 N–H and O–H groups in total. The number of fused-ring (bicyclic) bond motifs is 8. The first-order valence-electron chi connectivity index (χ1n) is 21.0. The largest absolute Gasteiger partial charge is 0.310 e. The van der Waals surface area contributed by atoms with Crippen molar-refractivity contribution < 1.29 is 0 Å². The first-order valence-corrected chi connectivity index (χ1v) is 21.8. The van der Waals surface area contributed by atoms with Gasteiger partial charge < -0.3 is 4.90 Å². The predicted octanol–water partition coefficient (Wildman–Crippen LogP) is 16.4. The molecule has 2 heteroatoms. The molecule has 0 unspecified atom stereocenters. The maximum absolute atomic E-state index is 2.50. The van der Waals surface area contributed by atoms with Crippen molar-refractivity contribution in [2.75, 3.05) is 4.90 Å². The van der Waals surface area contributed by atoms with Crippen molar-refractivity contribution in [3.8, 4) is 33.4 Å². The van der Waals surface area contributed by atoms with Gasteiger partial charge in [-0.2, -0.15) is 0 Å². The zero-order valence-corrected chi connectivity index (χ0v) is 34.2. The quantitative estimate of drug-likeness (QED) is 0.155. The Balaban J connectivity index is 1.19. The van der Waals surface area contributed by atoms with Gasteiger partial charge in [0.15, 0.2) is 0 Å². The zero-order valence-electron chi connectivity index (χ0n) is 33.4. The van der Waals surface area contributed by atoms with Crippen LogP contribution in [0.25, 0.3) is 64.3 Å². The number of thiophene rings is 1. The summed E-state index contributed by atoms with van der Waals surface area (Å²) in [5.74, 6) is 0. The lowest BCUT2D eigenvalue weighted by molar-refractivity contribution is 0.769. The monoisotopic (exact) mass is 793 g/mol. The van der Waals surface area contributed by atoms with E-state index < -0.39 is 5.41 Å². The molecule has 12 rings (SSSR count). The van der Waals surface area contributed by atoms with Gasteiger partial charge in [0.2, 0.25) is 0 Å². The minimum atomic E-state index is -0.520. The number of anilines is 3. The highest BCUT2D eigenvalue weighted by molar-refractivity contribution is 7.26. The molecule has 1 nitrogen and oxygen atoms in total. The molecule has 61 heavy (non-hydrogen) atoms. The lowest BCUT2D eigenvalue weighted by atomic mass is 9.67. The summed E-state index contributed by atoms with van der Waals surface area (Å²) in [6.07, 6.45) is 0. The van der Waals surface area contributed by atoms with Crippen molar-refractivity contribution in [3.05, 3.63) is 259 Å². The molecule has 1 aliphatic rings. The van der Waals surface area contributed by atoms with E-state index in [9.17, 15) is 0 Å². The SMILES string of the molecule is c1ccc(-c2cc(-c3ccccc3)cc(N(c3ccc4c(c3)-c3c(ccc5c3sc3ccccc35)C4(c3ccccc3)c3ccccc3)c3cccc4ccccc34)c2)cc1. The number of hydrogen-bond acceptors (Lipinski definition) is 2. The summed E-state index contributed by atoms with van der Waals surface area (Å²) in [4.78, 5) is 2.50. The molecule has 0 amide bonds. The van der Waals surface area contributed by atoms with E-state index in [0.717, 1.165) is 17.1 Å². The summed E-state index contributed by atoms with van der Waals surface area (Å²) in [5, 5.41) is 5.02. The summed E-state index contributed by atoms with van der Waals surface area (Å²) in [6, 6.07) is 87.4. The lowest BCUT2D eigenvalue weighted by Gasteiger charge is -2.34. The molecule has 0 atom stereocenters. The summed E-state index contributed by atoms with van der Waals surface area (Å²) in [5.41, 5.74) is 15.3. The molecule has 1 heterocycles. The van der Waals surface area contributed by atoms with Crippen LogP contribution in [-0.2, 0) is 5.41 Å². The van der Waals surface area contributed by atoms with Gasteiger partial charge in [-0.05, 0) is 97.9 Å². The maximum Gasteiger partial charge on any atom is 0.0714 e. The fourth-order valence-corrected chi connectivity index (χ4v) is 11.3. The fourth-order valence-electron chi connectivity index (χ4n) is 10.0. The van der Waals surface area contributed by atoms with E-state index in [2.05, 4.69) is 241 Å². The summed E-state index contributed by atoms with van der Waals surface area (Å²) in [7, 11) is 0. The van der Waals surface area contributed by atoms with Crippen molar-refractivity contribution in [1.29, 1.82) is 0 Å². The summed E-state index contributed by atoms with van der Waals surface area (Å²) < 4.78 is 2.64. The van der Waals surface area contributed by atoms with Crippen LogP contribution < -0.4 is 4.90 Å². The predicted molar refractivity (Wildman–Crippen MR) is 260 cm³/mol. The number of nitrogens with zero attached hydrogens (tertiary/aromatic N) is 1. The second-order valence-electron chi connectivity index (χ2n) is 16.0. The van der Waals surface area contributed by atoms with Crippen LogP contribution in [0.2, 0.25) is 0 Å². The van der Waals surface area contributed by atoms with Gasteiger partial charge in [-0.25, -0.2) is 0 Å². The van der Waals surface area contributed by atoms with Gasteiger partial charge in [0.25, 0.3) is 0 Å². The molecule has 11 aromatic rings. The highest BCUT2D eigenvalue weighted by atomic mass is 32.1. The average molecular weight is 794 g/mol. The first-order chi connectivity index (χ1) is 30.3. The van der Waals surface area contributed by atoms with Crippen molar-refractivity contribution >= 4 is 59.3 Å². The third-order valence-electron chi connectivity index (χ3n) is 12.7. The van der Waals surface area contributed by atoms with Crippen LogP contribution in [0, 0.1) is 0 Å². The Hall–Kier alpha value is -7.52. The molecule has 286 valence electrons. The van der Waals surface area contributed by atoms with Crippen LogP contribution in [0.4, 0.5) is 17.1 Å². The normalized spacial score (nSPS) is 12.7. The van der Waals surface area contributed by atoms with E-state index in [0.29, 0.717) is 0 Å². The fraction of sp³-hybridized carbons (Fsp3) is 0.0169. The maximum atomic E-state index is 2.50. The van der Waals surface area contributed by atoms with E-state index in [4.69, 9.17) is 0 Å². The number of benzene rings is 10. The third-order valence-corrected chi connectivity index (χ3v) is 13.9. The Kier molecular flexibility index (Phi) is 8.33. The van der Waals surface area contributed by atoms with Crippen molar-refractivity contribution in [1.82, 2.24) is 0 Å². The Morgan fingerprint density at radius 2 is 0.918 bits per heavy atom. The first kappa shape index (κ1) is 35.4. The van der Waals surface area contributed by atoms with Crippen molar-refractivity contribution in [3.63, 3.8) is 0 Å². The molecule has 1 aliphatic carbocycles. The second kappa shape index (κ2) is 14.3. The van der Waals surface area contributed by atoms with Gasteiger partial charge in [0, 0.05) is 42.5 Å². The Labute approximate surface area is 360 Å². The Morgan fingerprint density at radius 1 is 0.361 bits per heavy atom. The highest BCUT2D eigenvalue weighted by Crippen LogP contribution is 2.60. The van der Waals surface area contributed by atoms with E-state index in [-0.39, 0.29) is 0 Å². The lowest BCUT2D eigenvalue weighted by Crippen LogP contribution is -2.28. The average Bonchev–Trinajstić information content (AvgIpc) is 3.86. The minimum absolute atomic E-state index is 0.520. The van der Waals surface area contributed by atoms with Crippen LogP contribution in [0.3, 0.4) is 0 Å². The number of hydrogen-bond donors (Lipinski definition) is 0. The van der Waals surface area contributed by atoms with E-state index >= 15 is 0 Å². The second-order valence-corrected chi connectivity index (χ2v) is 17.1. The van der Waals surface area contributed by atoms with Gasteiger partial charge in [-0.3, -0.25) is 0 Å². The Bertz CT molecular complexity index is 3300. The molecule has 10 aromatic carbocycles. The molecular weight excluding hydrogens is 755 g/mol. The van der Waals surface area contributed by atoms with Gasteiger partial charge in [0.05, 0.1) is 11.1 Å². The molecule has 0 saturated carbocycles. The third kappa shape index (κ3) is 5.60. The smallest absolute Gasteiger partial charge is 0.0714 e. The van der Waals surface area contributed by atoms with Crippen molar-refractivity contribution in [2.24, 2.45) is 0 Å². The Morgan fingerprint density at radius 3 is 1.59 bits per heavy atom. The summed E-state index contributed by atoms with van der Waals surface area (Å²) >= 11 is 1.92. The van der Waals surface area contributed by atoms with Crippen LogP contribution in [0.1, 0.15) is 22.3 Å². The molecule has 0 spiro atoms. The van der Waals surface area contributed by atoms with Crippen LogP contribution in [-0.4, -0.2) is 0 Å². The van der Waals surface area contributed by atoms with E-state index in [1.54, 1.807) is 0 Å². The molecule has 0 fully saturated rings. The van der Waals surface area contributed by atoms with E-state index in [1.807, 2.05) is 11.3 Å². The van der Waals surface area contributed by atoms with Gasteiger partial charge in [0.1, 0.15) is 0 Å². The van der Waals surface area contributed by atoms with Gasteiger partial charge in [-0.15, -0.1) is 11.3 Å². The van der Waals surface area contributed by atoms with Crippen LogP contribution >= 0.6 is 11.3 Å². The van der Waals surface area contributed by atoms with Crippen LogP contribution in [0.15, 0.2) is 237 Å². The van der Waals surface area contributed by atoms with E-state index in [1.165, 1.54) is 86.6 Å².